The van der Waals surface area contributed by atoms with Crippen molar-refractivity contribution in [2.45, 2.75) is 32.6 Å². The summed E-state index contributed by atoms with van der Waals surface area (Å²) in [6, 6.07) is 7.26. The lowest BCUT2D eigenvalue weighted by Gasteiger charge is -2.13. The molecule has 0 aliphatic carbocycles. The molecule has 0 aliphatic heterocycles. The first-order valence-corrected chi connectivity index (χ1v) is 5.76. The Bertz CT molecular complexity index is 392. The lowest BCUT2D eigenvalue weighted by atomic mass is 9.91. The Labute approximate surface area is 102 Å². The molecule has 0 fully saturated rings. The maximum atomic E-state index is 11.3. The van der Waals surface area contributed by atoms with E-state index in [0.29, 0.717) is 12.0 Å². The van der Waals surface area contributed by atoms with Crippen LogP contribution in [0, 0.1) is 0 Å². The molecule has 0 bridgehead atoms. The van der Waals surface area contributed by atoms with Crippen LogP contribution in [0.3, 0.4) is 0 Å². The van der Waals surface area contributed by atoms with Crippen LogP contribution in [0.1, 0.15) is 48.5 Å². The molecule has 0 spiro atoms. The molecule has 0 heterocycles. The Morgan fingerprint density at radius 2 is 1.82 bits per heavy atom. The summed E-state index contributed by atoms with van der Waals surface area (Å²) in [4.78, 5) is 22.4. The largest absolute Gasteiger partial charge is 0.465 e. The Hall–Kier alpha value is -1.64. The molecular formula is C14H18O3. The van der Waals surface area contributed by atoms with Gasteiger partial charge in [-0.05, 0) is 37.0 Å². The first-order chi connectivity index (χ1) is 8.08. The van der Waals surface area contributed by atoms with Crippen LogP contribution >= 0.6 is 0 Å². The highest BCUT2D eigenvalue weighted by Crippen LogP contribution is 2.23. The molecule has 3 nitrogen and oxygen atoms in total. The second-order valence-electron chi connectivity index (χ2n) is 4.12. The van der Waals surface area contributed by atoms with E-state index in [4.69, 9.17) is 0 Å². The van der Waals surface area contributed by atoms with Crippen molar-refractivity contribution in [3.8, 4) is 0 Å². The topological polar surface area (TPSA) is 43.4 Å². The number of benzene rings is 1. The zero-order chi connectivity index (χ0) is 12.8. The molecule has 0 aromatic heterocycles. The molecule has 0 saturated carbocycles. The molecule has 0 aliphatic rings. The number of methoxy groups -OCH3 is 1. The lowest BCUT2D eigenvalue weighted by molar-refractivity contribution is -0.117. The van der Waals surface area contributed by atoms with E-state index in [1.165, 1.54) is 7.11 Å². The van der Waals surface area contributed by atoms with Crippen molar-refractivity contribution in [2.75, 3.05) is 7.11 Å². The average molecular weight is 234 g/mol. The van der Waals surface area contributed by atoms with Crippen LogP contribution in [-0.2, 0) is 9.53 Å². The standard InChI is InChI=1S/C14H18O3/c1-4-11(9-10(2)15)12-5-7-13(8-6-12)14(16)17-3/h5-8,11H,4,9H2,1-3H3/t11-/m0/s1. The third kappa shape index (κ3) is 3.70. The van der Waals surface area contributed by atoms with Crippen molar-refractivity contribution in [3.63, 3.8) is 0 Å². The number of esters is 1. The predicted molar refractivity (Wildman–Crippen MR) is 66.1 cm³/mol. The summed E-state index contributed by atoms with van der Waals surface area (Å²) in [7, 11) is 1.36. The van der Waals surface area contributed by atoms with Gasteiger partial charge in [0.15, 0.2) is 0 Å². The molecule has 1 atom stereocenters. The fourth-order valence-corrected chi connectivity index (χ4v) is 1.85. The van der Waals surface area contributed by atoms with Gasteiger partial charge < -0.3 is 9.53 Å². The number of hydrogen-bond acceptors (Lipinski definition) is 3. The van der Waals surface area contributed by atoms with Crippen molar-refractivity contribution in [1.29, 1.82) is 0 Å². The number of carbonyl (C=O) groups is 2. The Morgan fingerprint density at radius 3 is 2.24 bits per heavy atom. The maximum absolute atomic E-state index is 11.3. The van der Waals surface area contributed by atoms with E-state index in [-0.39, 0.29) is 17.7 Å². The normalized spacial score (nSPS) is 11.9. The third-order valence-corrected chi connectivity index (χ3v) is 2.83. The van der Waals surface area contributed by atoms with Crippen LogP contribution in [0.25, 0.3) is 0 Å². The molecule has 1 aromatic carbocycles. The molecule has 0 amide bonds. The van der Waals surface area contributed by atoms with Crippen LogP contribution < -0.4 is 0 Å². The molecule has 0 N–H and O–H groups in total. The van der Waals surface area contributed by atoms with Gasteiger partial charge in [-0.2, -0.15) is 0 Å². The predicted octanol–water partition coefficient (Wildman–Crippen LogP) is 2.95. The number of ketones is 1. The van der Waals surface area contributed by atoms with E-state index < -0.39 is 0 Å². The number of carbonyl (C=O) groups excluding carboxylic acids is 2. The van der Waals surface area contributed by atoms with Gasteiger partial charge in [-0.3, -0.25) is 0 Å². The zero-order valence-corrected chi connectivity index (χ0v) is 10.5. The summed E-state index contributed by atoms with van der Waals surface area (Å²) < 4.78 is 4.63. The monoisotopic (exact) mass is 234 g/mol. The highest BCUT2D eigenvalue weighted by Gasteiger charge is 2.12. The van der Waals surface area contributed by atoms with Crippen LogP contribution in [0.15, 0.2) is 24.3 Å². The third-order valence-electron chi connectivity index (χ3n) is 2.83. The quantitative estimate of drug-likeness (QED) is 0.736. The zero-order valence-electron chi connectivity index (χ0n) is 10.5. The van der Waals surface area contributed by atoms with E-state index in [1.54, 1.807) is 19.1 Å². The molecule has 3 heteroatoms. The van der Waals surface area contributed by atoms with Crippen molar-refractivity contribution >= 4 is 11.8 Å². The van der Waals surface area contributed by atoms with E-state index in [2.05, 4.69) is 11.7 Å². The molecule has 92 valence electrons. The highest BCUT2D eigenvalue weighted by molar-refractivity contribution is 5.89. The molecule has 0 unspecified atom stereocenters. The number of ether oxygens (including phenoxy) is 1. The van der Waals surface area contributed by atoms with E-state index >= 15 is 0 Å². The Morgan fingerprint density at radius 1 is 1.24 bits per heavy atom. The second kappa shape index (κ2) is 6.18. The summed E-state index contributed by atoms with van der Waals surface area (Å²) in [6.45, 7) is 3.66. The lowest BCUT2D eigenvalue weighted by Crippen LogP contribution is -2.05. The smallest absolute Gasteiger partial charge is 0.337 e. The van der Waals surface area contributed by atoms with Crippen LogP contribution in [0.2, 0.25) is 0 Å². The molecule has 0 saturated heterocycles. The van der Waals surface area contributed by atoms with Gasteiger partial charge in [-0.25, -0.2) is 4.79 Å². The van der Waals surface area contributed by atoms with E-state index in [1.807, 2.05) is 12.1 Å². The van der Waals surface area contributed by atoms with Gasteiger partial charge in [0.05, 0.1) is 12.7 Å². The first kappa shape index (κ1) is 13.4. The SMILES string of the molecule is CC[C@@H](CC(C)=O)c1ccc(C(=O)OC)cc1. The van der Waals surface area contributed by atoms with Gasteiger partial charge in [0.1, 0.15) is 5.78 Å². The minimum atomic E-state index is -0.337. The molecule has 0 radical (unpaired) electrons. The number of rotatable bonds is 5. The fraction of sp³-hybridized carbons (Fsp3) is 0.429. The van der Waals surface area contributed by atoms with Gasteiger partial charge in [0, 0.05) is 6.42 Å². The van der Waals surface area contributed by atoms with E-state index in [0.717, 1.165) is 12.0 Å². The van der Waals surface area contributed by atoms with E-state index in [9.17, 15) is 9.59 Å². The average Bonchev–Trinajstić information content (AvgIpc) is 2.35. The van der Waals surface area contributed by atoms with Gasteiger partial charge in [-0.1, -0.05) is 19.1 Å². The van der Waals surface area contributed by atoms with Gasteiger partial charge in [0.2, 0.25) is 0 Å². The Balaban J connectivity index is 2.84. The van der Waals surface area contributed by atoms with Crippen molar-refractivity contribution in [2.24, 2.45) is 0 Å². The molecule has 1 rings (SSSR count). The summed E-state index contributed by atoms with van der Waals surface area (Å²) in [5, 5.41) is 0. The minimum absolute atomic E-state index is 0.189. The fourth-order valence-electron chi connectivity index (χ4n) is 1.85. The van der Waals surface area contributed by atoms with Crippen molar-refractivity contribution in [3.05, 3.63) is 35.4 Å². The maximum Gasteiger partial charge on any atom is 0.337 e. The first-order valence-electron chi connectivity index (χ1n) is 5.76. The van der Waals surface area contributed by atoms with Crippen molar-refractivity contribution < 1.29 is 14.3 Å². The second-order valence-corrected chi connectivity index (χ2v) is 4.12. The van der Waals surface area contributed by atoms with Crippen LogP contribution in [0.4, 0.5) is 0 Å². The number of Topliss-reactive ketones (excluding diaryl/α,β-unsaturated/α-hetero) is 1. The number of hydrogen-bond donors (Lipinski definition) is 0. The minimum Gasteiger partial charge on any atom is -0.465 e. The van der Waals surface area contributed by atoms with Crippen LogP contribution in [0.5, 0.6) is 0 Å². The summed E-state index contributed by atoms with van der Waals surface area (Å²) in [5.41, 5.74) is 1.63. The molecule has 17 heavy (non-hydrogen) atoms. The highest BCUT2D eigenvalue weighted by atomic mass is 16.5. The summed E-state index contributed by atoms with van der Waals surface area (Å²) in [6.07, 6.45) is 1.46. The van der Waals surface area contributed by atoms with Crippen LogP contribution in [-0.4, -0.2) is 18.9 Å². The molecule has 1 aromatic rings. The van der Waals surface area contributed by atoms with Gasteiger partial charge in [0.25, 0.3) is 0 Å². The summed E-state index contributed by atoms with van der Waals surface area (Å²) in [5.74, 6) is 0.0873. The van der Waals surface area contributed by atoms with Gasteiger partial charge in [-0.15, -0.1) is 0 Å². The van der Waals surface area contributed by atoms with Gasteiger partial charge >= 0.3 is 5.97 Å². The summed E-state index contributed by atoms with van der Waals surface area (Å²) >= 11 is 0. The molecular weight excluding hydrogens is 216 g/mol. The Kier molecular flexibility index (Phi) is 4.88. The van der Waals surface area contributed by atoms with Crippen molar-refractivity contribution in [1.82, 2.24) is 0 Å².